The van der Waals surface area contributed by atoms with Gasteiger partial charge in [-0.3, -0.25) is 4.79 Å². The zero-order valence-corrected chi connectivity index (χ0v) is 15.2. The third kappa shape index (κ3) is 4.78. The average Bonchev–Trinajstić information content (AvgIpc) is 2.29. The molecule has 2 N–H and O–H groups in total. The predicted octanol–water partition coefficient (Wildman–Crippen LogP) is 3.56. The van der Waals surface area contributed by atoms with E-state index < -0.39 is 0 Å². The first-order valence-electron chi connectivity index (χ1n) is 7.59. The number of benzene rings is 1. The molecule has 2 rings (SSSR count). The maximum absolute atomic E-state index is 13.7. The first kappa shape index (κ1) is 17.4. The number of rotatable bonds is 3. The van der Waals surface area contributed by atoms with E-state index in [4.69, 9.17) is 0 Å². The van der Waals surface area contributed by atoms with Gasteiger partial charge in [-0.25, -0.2) is 4.39 Å². The van der Waals surface area contributed by atoms with Crippen LogP contribution in [0.25, 0.3) is 0 Å². The Balaban J connectivity index is 2.01. The highest BCUT2D eigenvalue weighted by atomic mass is 79.9. The number of hydrogen-bond donors (Lipinski definition) is 2. The van der Waals surface area contributed by atoms with E-state index in [1.807, 2.05) is 0 Å². The number of hydrogen-bond acceptors (Lipinski definition) is 2. The molecule has 0 aromatic heterocycles. The molecule has 1 heterocycles. The van der Waals surface area contributed by atoms with Crippen LogP contribution in [-0.4, -0.2) is 23.0 Å². The van der Waals surface area contributed by atoms with E-state index in [2.05, 4.69) is 54.3 Å². The summed E-state index contributed by atoms with van der Waals surface area (Å²) in [5.41, 5.74) is 0.362. The van der Waals surface area contributed by atoms with Gasteiger partial charge >= 0.3 is 0 Å². The summed E-state index contributed by atoms with van der Waals surface area (Å²) in [6.45, 7) is 8.56. The molecule has 1 amide bonds. The Morgan fingerprint density at radius 1 is 1.32 bits per heavy atom. The minimum Gasteiger partial charge on any atom is -0.353 e. The van der Waals surface area contributed by atoms with Gasteiger partial charge in [0, 0.05) is 21.6 Å². The van der Waals surface area contributed by atoms with Crippen molar-refractivity contribution in [3.8, 4) is 0 Å². The molecule has 0 aliphatic carbocycles. The molecule has 22 heavy (non-hydrogen) atoms. The van der Waals surface area contributed by atoms with Gasteiger partial charge in [-0.15, -0.1) is 0 Å². The predicted molar refractivity (Wildman–Crippen MR) is 90.3 cm³/mol. The Kier molecular flexibility index (Phi) is 4.97. The largest absolute Gasteiger partial charge is 0.353 e. The fourth-order valence-corrected chi connectivity index (χ4v) is 3.96. The highest BCUT2D eigenvalue weighted by Crippen LogP contribution is 2.28. The second-order valence-corrected chi connectivity index (χ2v) is 8.39. The lowest BCUT2D eigenvalue weighted by Crippen LogP contribution is -2.62. The number of amides is 1. The molecule has 1 aromatic carbocycles. The van der Waals surface area contributed by atoms with Gasteiger partial charge in [0.25, 0.3) is 0 Å². The standard InChI is InChI=1S/C17H24BrFN2O/c1-16(2)9-13(10-17(3,4)21-16)20-15(22)8-11-7-12(18)5-6-14(11)19/h5-7,13,21H,8-10H2,1-4H3,(H,20,22). The van der Waals surface area contributed by atoms with E-state index in [0.29, 0.717) is 5.56 Å². The van der Waals surface area contributed by atoms with E-state index in [1.165, 1.54) is 6.07 Å². The van der Waals surface area contributed by atoms with Gasteiger partial charge in [0.1, 0.15) is 5.82 Å². The average molecular weight is 371 g/mol. The van der Waals surface area contributed by atoms with Crippen LogP contribution in [0.1, 0.15) is 46.1 Å². The fourth-order valence-electron chi connectivity index (χ4n) is 3.55. The Morgan fingerprint density at radius 3 is 2.50 bits per heavy atom. The number of piperidine rings is 1. The quantitative estimate of drug-likeness (QED) is 0.853. The van der Waals surface area contributed by atoms with E-state index in [-0.39, 0.29) is 35.3 Å². The second kappa shape index (κ2) is 6.28. The van der Waals surface area contributed by atoms with Gasteiger partial charge < -0.3 is 10.6 Å². The van der Waals surface area contributed by atoms with Crippen molar-refractivity contribution in [3.05, 3.63) is 34.1 Å². The molecular formula is C17H24BrFN2O. The van der Waals surface area contributed by atoms with Crippen LogP contribution in [0.2, 0.25) is 0 Å². The summed E-state index contributed by atoms with van der Waals surface area (Å²) in [6, 6.07) is 4.78. The highest BCUT2D eigenvalue weighted by Gasteiger charge is 2.38. The van der Waals surface area contributed by atoms with Crippen LogP contribution in [0.15, 0.2) is 22.7 Å². The molecule has 0 saturated carbocycles. The lowest BCUT2D eigenvalue weighted by atomic mass is 9.79. The third-order valence-electron chi connectivity index (χ3n) is 3.91. The summed E-state index contributed by atoms with van der Waals surface area (Å²) >= 11 is 3.31. The molecule has 1 fully saturated rings. The van der Waals surface area contributed by atoms with Crippen molar-refractivity contribution in [2.24, 2.45) is 0 Å². The zero-order chi connectivity index (χ0) is 16.5. The van der Waals surface area contributed by atoms with E-state index in [1.54, 1.807) is 12.1 Å². The summed E-state index contributed by atoms with van der Waals surface area (Å²) < 4.78 is 14.5. The van der Waals surface area contributed by atoms with Gasteiger partial charge in [-0.2, -0.15) is 0 Å². The molecule has 0 unspecified atom stereocenters. The lowest BCUT2D eigenvalue weighted by Gasteiger charge is -2.46. The molecule has 3 nitrogen and oxygen atoms in total. The van der Waals surface area contributed by atoms with Gasteiger partial charge in [0.15, 0.2) is 0 Å². The van der Waals surface area contributed by atoms with Crippen LogP contribution in [0.5, 0.6) is 0 Å². The Morgan fingerprint density at radius 2 is 1.91 bits per heavy atom. The Labute approximate surface area is 140 Å². The number of carbonyl (C=O) groups is 1. The lowest BCUT2D eigenvalue weighted by molar-refractivity contribution is -0.121. The van der Waals surface area contributed by atoms with Crippen molar-refractivity contribution in [1.29, 1.82) is 0 Å². The molecule has 1 saturated heterocycles. The summed E-state index contributed by atoms with van der Waals surface area (Å²) in [5.74, 6) is -0.472. The maximum atomic E-state index is 13.7. The topological polar surface area (TPSA) is 41.1 Å². The van der Waals surface area contributed by atoms with Crippen LogP contribution < -0.4 is 10.6 Å². The van der Waals surface area contributed by atoms with Crippen molar-refractivity contribution in [2.75, 3.05) is 0 Å². The molecule has 1 aliphatic heterocycles. The monoisotopic (exact) mass is 370 g/mol. The number of carbonyl (C=O) groups excluding carboxylic acids is 1. The fraction of sp³-hybridized carbons (Fsp3) is 0.588. The van der Waals surface area contributed by atoms with Crippen molar-refractivity contribution in [1.82, 2.24) is 10.6 Å². The number of nitrogens with one attached hydrogen (secondary N) is 2. The second-order valence-electron chi connectivity index (χ2n) is 7.48. The highest BCUT2D eigenvalue weighted by molar-refractivity contribution is 9.10. The van der Waals surface area contributed by atoms with Gasteiger partial charge in [-0.1, -0.05) is 15.9 Å². The molecule has 1 aliphatic rings. The van der Waals surface area contributed by atoms with Gasteiger partial charge in [-0.05, 0) is 64.3 Å². The minimum atomic E-state index is -0.343. The minimum absolute atomic E-state index is 0.0271. The van der Waals surface area contributed by atoms with Crippen LogP contribution in [-0.2, 0) is 11.2 Å². The summed E-state index contributed by atoms with van der Waals surface area (Å²) in [7, 11) is 0. The van der Waals surface area contributed by atoms with E-state index in [9.17, 15) is 9.18 Å². The molecular weight excluding hydrogens is 347 g/mol. The van der Waals surface area contributed by atoms with Crippen molar-refractivity contribution >= 4 is 21.8 Å². The molecule has 0 spiro atoms. The molecule has 0 bridgehead atoms. The van der Waals surface area contributed by atoms with Crippen molar-refractivity contribution in [2.45, 2.75) is 64.1 Å². The van der Waals surface area contributed by atoms with Crippen molar-refractivity contribution < 1.29 is 9.18 Å². The normalized spacial score (nSPS) is 20.6. The van der Waals surface area contributed by atoms with Gasteiger partial charge in [0.2, 0.25) is 5.91 Å². The zero-order valence-electron chi connectivity index (χ0n) is 13.6. The SMILES string of the molecule is CC1(C)CC(NC(=O)Cc2cc(Br)ccc2F)CC(C)(C)N1. The molecule has 0 atom stereocenters. The third-order valence-corrected chi connectivity index (χ3v) is 4.41. The summed E-state index contributed by atoms with van der Waals surface area (Å²) in [4.78, 5) is 12.3. The Bertz CT molecular complexity index is 556. The van der Waals surface area contributed by atoms with Crippen LogP contribution in [0, 0.1) is 5.82 Å². The molecule has 122 valence electrons. The van der Waals surface area contributed by atoms with Crippen LogP contribution in [0.3, 0.4) is 0 Å². The Hall–Kier alpha value is -0.940. The molecule has 5 heteroatoms. The maximum Gasteiger partial charge on any atom is 0.224 e. The number of halogens is 2. The van der Waals surface area contributed by atoms with E-state index >= 15 is 0 Å². The first-order chi connectivity index (χ1) is 10.1. The smallest absolute Gasteiger partial charge is 0.224 e. The first-order valence-corrected chi connectivity index (χ1v) is 8.38. The van der Waals surface area contributed by atoms with Crippen LogP contribution in [0.4, 0.5) is 4.39 Å². The van der Waals surface area contributed by atoms with Gasteiger partial charge in [0.05, 0.1) is 6.42 Å². The molecule has 1 aromatic rings. The van der Waals surface area contributed by atoms with Crippen molar-refractivity contribution in [3.63, 3.8) is 0 Å². The summed E-state index contributed by atoms with van der Waals surface area (Å²) in [5, 5.41) is 6.65. The summed E-state index contributed by atoms with van der Waals surface area (Å²) in [6.07, 6.45) is 1.79. The van der Waals surface area contributed by atoms with E-state index in [0.717, 1.165) is 17.3 Å². The molecule has 0 radical (unpaired) electrons. The van der Waals surface area contributed by atoms with Crippen LogP contribution >= 0.6 is 15.9 Å².